The van der Waals surface area contributed by atoms with Gasteiger partial charge in [0, 0.05) is 12.0 Å². The Balaban J connectivity index is 2.37. The van der Waals surface area contributed by atoms with Crippen molar-refractivity contribution in [1.82, 2.24) is 0 Å². The predicted octanol–water partition coefficient (Wildman–Crippen LogP) is 2.62. The van der Waals surface area contributed by atoms with Gasteiger partial charge in [-0.25, -0.2) is 0 Å². The number of benzene rings is 2. The van der Waals surface area contributed by atoms with Crippen molar-refractivity contribution >= 4 is 0 Å². The van der Waals surface area contributed by atoms with Crippen molar-refractivity contribution in [3.63, 3.8) is 0 Å². The summed E-state index contributed by atoms with van der Waals surface area (Å²) in [6.45, 7) is 0.727. The number of nitrogens with zero attached hydrogens (tertiary/aromatic N) is 1. The van der Waals surface area contributed by atoms with E-state index in [1.165, 1.54) is 0 Å². The summed E-state index contributed by atoms with van der Waals surface area (Å²) in [5, 5.41) is 20.7. The van der Waals surface area contributed by atoms with E-state index in [1.807, 2.05) is 60.7 Å². The predicted molar refractivity (Wildman–Crippen MR) is 72.0 cm³/mol. The molecule has 0 spiro atoms. The van der Waals surface area contributed by atoms with E-state index in [1.54, 1.807) is 0 Å². The quantitative estimate of drug-likeness (QED) is 0.508. The van der Waals surface area contributed by atoms with Crippen LogP contribution >= 0.6 is 0 Å². The van der Waals surface area contributed by atoms with Gasteiger partial charge in [0.25, 0.3) is 0 Å². The average Bonchev–Trinajstić information content (AvgIpc) is 2.40. The Hall–Kier alpha value is -2.33. The minimum absolute atomic E-state index is 0.437. The summed E-state index contributed by atoms with van der Waals surface area (Å²) < 4.78 is 0. The maximum atomic E-state index is 10.6. The molecule has 19 heavy (non-hydrogen) atoms. The van der Waals surface area contributed by atoms with Crippen molar-refractivity contribution in [3.05, 3.63) is 88.4 Å². The van der Waals surface area contributed by atoms with Gasteiger partial charge in [-0.2, -0.15) is 0 Å². The van der Waals surface area contributed by atoms with Crippen molar-refractivity contribution in [2.45, 2.75) is 12.0 Å². The lowest BCUT2D eigenvalue weighted by Gasteiger charge is -2.26. The Bertz CT molecular complexity index is 488. The van der Waals surface area contributed by atoms with Crippen molar-refractivity contribution in [3.8, 4) is 0 Å². The fourth-order valence-corrected chi connectivity index (χ4v) is 2.12. The number of nitro groups is 1. The lowest BCUT2D eigenvalue weighted by atomic mass is 9.86. The van der Waals surface area contributed by atoms with Gasteiger partial charge in [-0.1, -0.05) is 60.7 Å². The Kier molecular flexibility index (Phi) is 4.15. The van der Waals surface area contributed by atoms with E-state index in [-0.39, 0.29) is 0 Å². The number of aliphatic hydroxyl groups is 1. The van der Waals surface area contributed by atoms with Crippen LogP contribution in [0.5, 0.6) is 0 Å². The molecule has 98 valence electrons. The first kappa shape index (κ1) is 13.1. The van der Waals surface area contributed by atoms with Gasteiger partial charge in [0.1, 0.15) is 0 Å². The molecule has 0 amide bonds. The van der Waals surface area contributed by atoms with Gasteiger partial charge >= 0.3 is 0 Å². The normalized spacial score (nSPS) is 12.1. The molecule has 2 rings (SSSR count). The highest BCUT2D eigenvalue weighted by Gasteiger charge is 2.20. The zero-order valence-electron chi connectivity index (χ0n) is 10.2. The van der Waals surface area contributed by atoms with Crippen molar-refractivity contribution < 1.29 is 10.0 Å². The van der Waals surface area contributed by atoms with Crippen LogP contribution in [0, 0.1) is 16.7 Å². The Labute approximate surface area is 111 Å². The highest BCUT2D eigenvalue weighted by atomic mass is 16.6. The van der Waals surface area contributed by atoms with Gasteiger partial charge in [-0.05, 0) is 17.7 Å². The van der Waals surface area contributed by atoms with Crippen molar-refractivity contribution in [1.29, 1.82) is 0 Å². The van der Waals surface area contributed by atoms with E-state index in [9.17, 15) is 15.2 Å². The van der Waals surface area contributed by atoms with Crippen molar-refractivity contribution in [2.24, 2.45) is 0 Å². The van der Waals surface area contributed by atoms with Gasteiger partial charge in [-0.3, -0.25) is 10.1 Å². The highest BCUT2D eigenvalue weighted by Crippen LogP contribution is 2.29. The topological polar surface area (TPSA) is 63.4 Å². The van der Waals surface area contributed by atoms with Crippen LogP contribution in [0.15, 0.2) is 60.7 Å². The van der Waals surface area contributed by atoms with Gasteiger partial charge < -0.3 is 5.11 Å². The molecule has 2 aromatic rings. The zero-order chi connectivity index (χ0) is 13.7. The van der Waals surface area contributed by atoms with Crippen LogP contribution in [0.2, 0.25) is 0 Å². The smallest absolute Gasteiger partial charge is 0.0172 e. The standard InChI is InChI=1S/C15H14NO3/c17-14(11-16(18)19)15(12-7-3-1-4-8-12)13-9-5-2-6-10-13/h1-11,14-15,17H/q-1. The van der Waals surface area contributed by atoms with E-state index in [0.717, 1.165) is 17.7 Å². The molecule has 0 heterocycles. The number of hydrogen-bond donors (Lipinski definition) is 1. The molecular weight excluding hydrogens is 242 g/mol. The molecule has 0 bridgehead atoms. The molecule has 1 N–H and O–H groups in total. The van der Waals surface area contributed by atoms with E-state index < -0.39 is 16.9 Å². The lowest BCUT2D eigenvalue weighted by molar-refractivity contribution is -0.446. The van der Waals surface area contributed by atoms with Crippen LogP contribution in [0.25, 0.3) is 0 Å². The second kappa shape index (κ2) is 6.02. The molecule has 0 aliphatic rings. The molecule has 0 aliphatic heterocycles. The summed E-state index contributed by atoms with van der Waals surface area (Å²) in [6, 6.07) is 18.6. The first-order valence-corrected chi connectivity index (χ1v) is 5.95. The zero-order valence-corrected chi connectivity index (χ0v) is 10.2. The molecule has 1 atom stereocenters. The molecule has 4 heteroatoms. The fraction of sp³-hybridized carbons (Fsp3) is 0.133. The molecule has 1 unspecified atom stereocenters. The molecule has 0 saturated heterocycles. The van der Waals surface area contributed by atoms with Crippen LogP contribution in [0.4, 0.5) is 0 Å². The third-order valence-electron chi connectivity index (χ3n) is 2.93. The van der Waals surface area contributed by atoms with Crippen LogP contribution in [-0.4, -0.2) is 16.1 Å². The van der Waals surface area contributed by atoms with E-state index >= 15 is 0 Å². The number of hydrogen-bond acceptors (Lipinski definition) is 3. The third-order valence-corrected chi connectivity index (χ3v) is 2.93. The maximum Gasteiger partial charge on any atom is 0.0172 e. The van der Waals surface area contributed by atoms with Gasteiger partial charge in [0.05, 0.1) is 0 Å². The number of aliphatic hydroxyl groups excluding tert-OH is 1. The van der Waals surface area contributed by atoms with E-state index in [0.29, 0.717) is 0 Å². The average molecular weight is 256 g/mol. The van der Waals surface area contributed by atoms with Crippen LogP contribution in [0.3, 0.4) is 0 Å². The summed E-state index contributed by atoms with van der Waals surface area (Å²) in [5.74, 6) is -0.437. The Morgan fingerprint density at radius 3 is 1.74 bits per heavy atom. The first-order chi connectivity index (χ1) is 9.18. The van der Waals surface area contributed by atoms with Gasteiger partial charge in [0.2, 0.25) is 0 Å². The molecule has 0 aromatic heterocycles. The van der Waals surface area contributed by atoms with Crippen LogP contribution < -0.4 is 0 Å². The Morgan fingerprint density at radius 1 is 0.947 bits per heavy atom. The summed E-state index contributed by atoms with van der Waals surface area (Å²) in [5.41, 5.74) is 1.69. The first-order valence-electron chi connectivity index (χ1n) is 5.95. The largest absolute Gasteiger partial charge is 0.416 e. The Morgan fingerprint density at radius 2 is 1.37 bits per heavy atom. The third kappa shape index (κ3) is 3.33. The number of rotatable bonds is 5. The molecule has 0 saturated carbocycles. The molecular formula is C15H14NO3-. The summed E-state index contributed by atoms with van der Waals surface area (Å²) >= 11 is 0. The molecule has 4 nitrogen and oxygen atoms in total. The van der Waals surface area contributed by atoms with Crippen LogP contribution in [0.1, 0.15) is 17.0 Å². The minimum Gasteiger partial charge on any atom is -0.416 e. The second-order valence-corrected chi connectivity index (χ2v) is 4.22. The highest BCUT2D eigenvalue weighted by molar-refractivity contribution is 5.34. The molecule has 0 aliphatic carbocycles. The lowest BCUT2D eigenvalue weighted by Crippen LogP contribution is -2.23. The molecule has 0 fully saturated rings. The molecule has 2 aromatic carbocycles. The maximum absolute atomic E-state index is 10.6. The van der Waals surface area contributed by atoms with Crippen molar-refractivity contribution in [2.75, 3.05) is 0 Å². The monoisotopic (exact) mass is 256 g/mol. The second-order valence-electron chi connectivity index (χ2n) is 4.22. The minimum atomic E-state index is -1.17. The van der Waals surface area contributed by atoms with E-state index in [4.69, 9.17) is 0 Å². The molecule has 0 radical (unpaired) electrons. The van der Waals surface area contributed by atoms with Crippen LogP contribution in [-0.2, 0) is 0 Å². The van der Waals surface area contributed by atoms with E-state index in [2.05, 4.69) is 0 Å². The summed E-state index contributed by atoms with van der Waals surface area (Å²) in [4.78, 5) is 9.96. The SMILES string of the molecule is O=[N+]([O-])[CH-]C(O)C(c1ccccc1)c1ccccc1. The van der Waals surface area contributed by atoms with Gasteiger partial charge in [0.15, 0.2) is 0 Å². The fourth-order valence-electron chi connectivity index (χ4n) is 2.12. The van der Waals surface area contributed by atoms with Gasteiger partial charge in [-0.15, -0.1) is 4.92 Å². The summed E-state index contributed by atoms with van der Waals surface area (Å²) in [6.07, 6.45) is -1.17. The summed E-state index contributed by atoms with van der Waals surface area (Å²) in [7, 11) is 0.